The minimum atomic E-state index is -4.44. The van der Waals surface area contributed by atoms with Gasteiger partial charge in [-0.3, -0.25) is 5.41 Å². The largest absolute Gasteiger partial charge is 0.437 e. The average Bonchev–Trinajstić information content (AvgIpc) is 2.38. The molecular weight excluding hydrogens is 273 g/mol. The number of halogens is 3. The van der Waals surface area contributed by atoms with Crippen molar-refractivity contribution in [1.29, 1.82) is 5.41 Å². The summed E-state index contributed by atoms with van der Waals surface area (Å²) in [6, 6.07) is 4.41. The predicted molar refractivity (Wildman–Crippen MR) is 64.6 cm³/mol. The maximum absolute atomic E-state index is 12.5. The van der Waals surface area contributed by atoms with E-state index >= 15 is 0 Å². The third-order valence-corrected chi connectivity index (χ3v) is 2.29. The first-order chi connectivity index (χ1) is 9.36. The van der Waals surface area contributed by atoms with Crippen LogP contribution in [0.3, 0.4) is 0 Å². The molecule has 3 N–H and O–H groups in total. The number of ether oxygens (including phenoxy) is 1. The molecule has 0 aliphatic rings. The molecule has 104 valence electrons. The summed E-state index contributed by atoms with van der Waals surface area (Å²) >= 11 is 0. The number of hydrogen-bond acceptors (Lipinski definition) is 4. The predicted octanol–water partition coefficient (Wildman–Crippen LogP) is 2.57. The highest BCUT2D eigenvalue weighted by Crippen LogP contribution is 2.32. The maximum atomic E-state index is 12.5. The van der Waals surface area contributed by atoms with Crippen molar-refractivity contribution in [3.05, 3.63) is 47.9 Å². The van der Waals surface area contributed by atoms with Gasteiger partial charge in [0.25, 0.3) is 0 Å². The number of amidine groups is 1. The number of alkyl halides is 3. The maximum Gasteiger partial charge on any atom is 0.416 e. The van der Waals surface area contributed by atoms with Crippen molar-refractivity contribution < 1.29 is 17.9 Å². The summed E-state index contributed by atoms with van der Waals surface area (Å²) in [5, 5.41) is 7.13. The van der Waals surface area contributed by atoms with Crippen molar-refractivity contribution in [1.82, 2.24) is 9.97 Å². The van der Waals surface area contributed by atoms with E-state index in [1.165, 1.54) is 24.5 Å². The highest BCUT2D eigenvalue weighted by Gasteiger charge is 2.30. The van der Waals surface area contributed by atoms with E-state index in [0.29, 0.717) is 0 Å². The summed E-state index contributed by atoms with van der Waals surface area (Å²) in [5.74, 6) is -0.262. The summed E-state index contributed by atoms with van der Waals surface area (Å²) in [5.41, 5.74) is 4.54. The van der Waals surface area contributed by atoms with Crippen LogP contribution < -0.4 is 10.5 Å². The molecule has 0 bridgehead atoms. The quantitative estimate of drug-likeness (QED) is 0.669. The minimum absolute atomic E-state index is 0.00863. The van der Waals surface area contributed by atoms with Gasteiger partial charge in [-0.05, 0) is 18.2 Å². The summed E-state index contributed by atoms with van der Waals surface area (Å²) < 4.78 is 42.7. The lowest BCUT2D eigenvalue weighted by atomic mass is 10.2. The summed E-state index contributed by atoms with van der Waals surface area (Å²) in [4.78, 5) is 7.59. The Balaban J connectivity index is 2.20. The van der Waals surface area contributed by atoms with Crippen LogP contribution in [0.2, 0.25) is 0 Å². The number of nitrogen functional groups attached to an aromatic ring is 1. The van der Waals surface area contributed by atoms with Crippen molar-refractivity contribution in [3.8, 4) is 11.6 Å². The Labute approximate surface area is 111 Å². The minimum Gasteiger partial charge on any atom is -0.437 e. The number of rotatable bonds is 3. The van der Waals surface area contributed by atoms with E-state index in [1.54, 1.807) is 0 Å². The van der Waals surface area contributed by atoms with Gasteiger partial charge in [-0.2, -0.15) is 13.2 Å². The fraction of sp³-hybridized carbons (Fsp3) is 0.0833. The van der Waals surface area contributed by atoms with Gasteiger partial charge in [-0.15, -0.1) is 0 Å². The monoisotopic (exact) mass is 282 g/mol. The summed E-state index contributed by atoms with van der Waals surface area (Å²) in [7, 11) is 0. The number of aromatic nitrogens is 2. The second kappa shape index (κ2) is 5.16. The standard InChI is InChI=1S/C12H9F3N4O/c13-12(14,15)7-2-1-3-8(4-7)20-10-6-18-9(5-19-10)11(16)17/h1-6H,(H3,16,17). The molecular formula is C12H9F3N4O. The molecule has 0 saturated heterocycles. The Morgan fingerprint density at radius 2 is 1.95 bits per heavy atom. The van der Waals surface area contributed by atoms with Crippen LogP contribution in [0, 0.1) is 5.41 Å². The van der Waals surface area contributed by atoms with Crippen LogP contribution in [0.1, 0.15) is 11.3 Å². The average molecular weight is 282 g/mol. The highest BCUT2D eigenvalue weighted by atomic mass is 19.4. The lowest BCUT2D eigenvalue weighted by Crippen LogP contribution is -2.13. The molecule has 0 fully saturated rings. The first-order valence-corrected chi connectivity index (χ1v) is 5.38. The van der Waals surface area contributed by atoms with E-state index < -0.39 is 11.7 Å². The van der Waals surface area contributed by atoms with Crippen molar-refractivity contribution >= 4 is 5.84 Å². The number of nitrogens with zero attached hydrogens (tertiary/aromatic N) is 2. The number of nitrogens with one attached hydrogen (secondary N) is 1. The molecule has 0 unspecified atom stereocenters. The van der Waals surface area contributed by atoms with Crippen molar-refractivity contribution in [2.45, 2.75) is 6.18 Å². The Morgan fingerprint density at radius 1 is 1.20 bits per heavy atom. The fourth-order valence-electron chi connectivity index (χ4n) is 1.36. The van der Waals surface area contributed by atoms with Crippen LogP contribution in [0.25, 0.3) is 0 Å². The van der Waals surface area contributed by atoms with Gasteiger partial charge >= 0.3 is 6.18 Å². The molecule has 0 aliphatic heterocycles. The van der Waals surface area contributed by atoms with Gasteiger partial charge in [0, 0.05) is 0 Å². The molecule has 1 heterocycles. The lowest BCUT2D eigenvalue weighted by Gasteiger charge is -2.09. The van der Waals surface area contributed by atoms with E-state index in [2.05, 4.69) is 9.97 Å². The molecule has 0 atom stereocenters. The van der Waals surface area contributed by atoms with Crippen LogP contribution in [0.5, 0.6) is 11.6 Å². The highest BCUT2D eigenvalue weighted by molar-refractivity contribution is 5.92. The summed E-state index contributed by atoms with van der Waals surface area (Å²) in [6.07, 6.45) is -2.06. The third kappa shape index (κ3) is 3.22. The van der Waals surface area contributed by atoms with Crippen molar-refractivity contribution in [2.24, 2.45) is 5.73 Å². The number of benzene rings is 1. The van der Waals surface area contributed by atoms with E-state index in [4.69, 9.17) is 15.9 Å². The molecule has 1 aromatic carbocycles. The first-order valence-electron chi connectivity index (χ1n) is 5.38. The van der Waals surface area contributed by atoms with Crippen molar-refractivity contribution in [3.63, 3.8) is 0 Å². The topological polar surface area (TPSA) is 84.9 Å². The van der Waals surface area contributed by atoms with Gasteiger partial charge < -0.3 is 10.5 Å². The van der Waals surface area contributed by atoms with Crippen LogP contribution >= 0.6 is 0 Å². The SMILES string of the molecule is N=C(N)c1cnc(Oc2cccc(C(F)(F)F)c2)cn1. The molecule has 0 aliphatic carbocycles. The second-order valence-electron chi connectivity index (χ2n) is 3.78. The zero-order valence-corrected chi connectivity index (χ0v) is 9.98. The molecule has 2 rings (SSSR count). The number of nitrogens with two attached hydrogens (primary N) is 1. The van der Waals surface area contributed by atoms with Gasteiger partial charge in [0.15, 0.2) is 0 Å². The normalized spacial score (nSPS) is 11.2. The van der Waals surface area contributed by atoms with E-state index in [9.17, 15) is 13.2 Å². The Bertz CT molecular complexity index is 625. The second-order valence-corrected chi connectivity index (χ2v) is 3.78. The summed E-state index contributed by atoms with van der Waals surface area (Å²) in [6.45, 7) is 0. The first kappa shape index (κ1) is 13.8. The number of hydrogen-bond donors (Lipinski definition) is 2. The molecule has 0 spiro atoms. The Kier molecular flexibility index (Phi) is 3.55. The molecule has 20 heavy (non-hydrogen) atoms. The fourth-order valence-corrected chi connectivity index (χ4v) is 1.36. The molecule has 1 aromatic heterocycles. The van der Waals surface area contributed by atoms with Gasteiger partial charge in [0.05, 0.1) is 18.0 Å². The Hall–Kier alpha value is -2.64. The molecule has 0 radical (unpaired) electrons. The zero-order chi connectivity index (χ0) is 14.8. The van der Waals surface area contributed by atoms with E-state index in [0.717, 1.165) is 12.1 Å². The molecule has 5 nitrogen and oxygen atoms in total. The van der Waals surface area contributed by atoms with Gasteiger partial charge in [-0.25, -0.2) is 9.97 Å². The van der Waals surface area contributed by atoms with Crippen LogP contribution in [0.15, 0.2) is 36.7 Å². The van der Waals surface area contributed by atoms with Crippen LogP contribution in [0.4, 0.5) is 13.2 Å². The van der Waals surface area contributed by atoms with Gasteiger partial charge in [0.1, 0.15) is 17.3 Å². The van der Waals surface area contributed by atoms with Gasteiger partial charge in [0.2, 0.25) is 5.88 Å². The van der Waals surface area contributed by atoms with E-state index in [1.807, 2.05) is 0 Å². The van der Waals surface area contributed by atoms with Crippen LogP contribution in [-0.4, -0.2) is 15.8 Å². The molecule has 0 amide bonds. The van der Waals surface area contributed by atoms with Crippen LogP contribution in [-0.2, 0) is 6.18 Å². The smallest absolute Gasteiger partial charge is 0.416 e. The van der Waals surface area contributed by atoms with Gasteiger partial charge in [-0.1, -0.05) is 6.07 Å². The molecule has 2 aromatic rings. The van der Waals surface area contributed by atoms with Crippen molar-refractivity contribution in [2.75, 3.05) is 0 Å². The molecule has 8 heteroatoms. The third-order valence-electron chi connectivity index (χ3n) is 2.29. The Morgan fingerprint density at radius 3 is 2.50 bits per heavy atom. The zero-order valence-electron chi connectivity index (χ0n) is 9.98. The molecule has 0 saturated carbocycles. The van der Waals surface area contributed by atoms with E-state index in [-0.39, 0.29) is 23.2 Å². The lowest BCUT2D eigenvalue weighted by molar-refractivity contribution is -0.137.